The molecule has 2 aromatic carbocycles. The molecule has 0 aromatic heterocycles. The highest BCUT2D eigenvalue weighted by atomic mass is 35.5. The normalized spacial score (nSPS) is 16.5. The van der Waals surface area contributed by atoms with Gasteiger partial charge in [0, 0.05) is 17.1 Å². The Morgan fingerprint density at radius 1 is 1.23 bits per heavy atom. The number of hydrogen-bond donors (Lipinski definition) is 1. The number of halogens is 1. The van der Waals surface area contributed by atoms with Gasteiger partial charge in [0.25, 0.3) is 0 Å². The molecule has 0 bridgehead atoms. The summed E-state index contributed by atoms with van der Waals surface area (Å²) in [6.07, 6.45) is 1.50. The molecule has 0 aliphatic carbocycles. The van der Waals surface area contributed by atoms with Gasteiger partial charge >= 0.3 is 0 Å². The SMILES string of the molecule is O=C(NCCc1cccc(Cl)c1)C1CCOc2ccccc21. The molecule has 4 heteroatoms. The van der Waals surface area contributed by atoms with Crippen LogP contribution in [-0.2, 0) is 11.2 Å². The number of hydrogen-bond acceptors (Lipinski definition) is 2. The topological polar surface area (TPSA) is 38.3 Å². The monoisotopic (exact) mass is 315 g/mol. The Labute approximate surface area is 135 Å². The lowest BCUT2D eigenvalue weighted by Crippen LogP contribution is -2.33. The molecule has 3 rings (SSSR count). The summed E-state index contributed by atoms with van der Waals surface area (Å²) in [5.41, 5.74) is 2.11. The largest absolute Gasteiger partial charge is 0.493 e. The maximum atomic E-state index is 12.4. The van der Waals surface area contributed by atoms with Crippen LogP contribution >= 0.6 is 11.6 Å². The van der Waals surface area contributed by atoms with Crippen molar-refractivity contribution in [2.24, 2.45) is 0 Å². The molecule has 0 saturated heterocycles. The number of nitrogens with one attached hydrogen (secondary N) is 1. The van der Waals surface area contributed by atoms with Crippen molar-refractivity contribution < 1.29 is 9.53 Å². The van der Waals surface area contributed by atoms with Crippen LogP contribution < -0.4 is 10.1 Å². The molecule has 3 nitrogen and oxygen atoms in total. The molecule has 114 valence electrons. The fourth-order valence-electron chi connectivity index (χ4n) is 2.76. The smallest absolute Gasteiger partial charge is 0.227 e. The van der Waals surface area contributed by atoms with Gasteiger partial charge in [-0.1, -0.05) is 41.9 Å². The summed E-state index contributed by atoms with van der Waals surface area (Å²) >= 11 is 5.96. The third-order valence-corrected chi connectivity index (χ3v) is 4.11. The standard InChI is InChI=1S/C18H18ClNO2/c19-14-5-3-4-13(12-14)8-10-20-18(21)16-9-11-22-17-7-2-1-6-15(16)17/h1-7,12,16H,8-11H2,(H,20,21). The predicted octanol–water partition coefficient (Wildman–Crippen LogP) is 3.57. The van der Waals surface area contributed by atoms with Crippen LogP contribution in [-0.4, -0.2) is 19.1 Å². The van der Waals surface area contributed by atoms with Crippen LogP contribution in [0.2, 0.25) is 5.02 Å². The minimum Gasteiger partial charge on any atom is -0.493 e. The van der Waals surface area contributed by atoms with Gasteiger partial charge < -0.3 is 10.1 Å². The first-order valence-electron chi connectivity index (χ1n) is 7.48. The number of carbonyl (C=O) groups is 1. The summed E-state index contributed by atoms with van der Waals surface area (Å²) in [6, 6.07) is 15.5. The lowest BCUT2D eigenvalue weighted by atomic mass is 9.92. The predicted molar refractivity (Wildman–Crippen MR) is 87.5 cm³/mol. The number of ether oxygens (including phenoxy) is 1. The first-order valence-corrected chi connectivity index (χ1v) is 7.86. The molecule has 0 fully saturated rings. The summed E-state index contributed by atoms with van der Waals surface area (Å²) < 4.78 is 5.60. The van der Waals surface area contributed by atoms with Crippen molar-refractivity contribution in [1.82, 2.24) is 5.32 Å². The van der Waals surface area contributed by atoms with Gasteiger partial charge in [-0.3, -0.25) is 4.79 Å². The Hall–Kier alpha value is -2.00. The molecule has 1 unspecified atom stereocenters. The molecule has 1 N–H and O–H groups in total. The van der Waals surface area contributed by atoms with Crippen molar-refractivity contribution in [2.75, 3.05) is 13.2 Å². The van der Waals surface area contributed by atoms with E-state index in [0.29, 0.717) is 13.2 Å². The van der Waals surface area contributed by atoms with Gasteiger partial charge in [0.1, 0.15) is 5.75 Å². The van der Waals surface area contributed by atoms with Crippen LogP contribution in [0.25, 0.3) is 0 Å². The van der Waals surface area contributed by atoms with Crippen molar-refractivity contribution in [1.29, 1.82) is 0 Å². The first-order chi connectivity index (χ1) is 10.7. The highest BCUT2D eigenvalue weighted by Crippen LogP contribution is 2.33. The van der Waals surface area contributed by atoms with E-state index >= 15 is 0 Å². The van der Waals surface area contributed by atoms with Gasteiger partial charge in [-0.15, -0.1) is 0 Å². The van der Waals surface area contributed by atoms with Crippen LogP contribution in [0.15, 0.2) is 48.5 Å². The van der Waals surface area contributed by atoms with Crippen LogP contribution in [0.3, 0.4) is 0 Å². The van der Waals surface area contributed by atoms with E-state index in [1.54, 1.807) is 0 Å². The number of amides is 1. The number of rotatable bonds is 4. The van der Waals surface area contributed by atoms with Gasteiger partial charge in [0.05, 0.1) is 12.5 Å². The molecular formula is C18H18ClNO2. The van der Waals surface area contributed by atoms with Crippen molar-refractivity contribution in [3.05, 3.63) is 64.7 Å². The highest BCUT2D eigenvalue weighted by molar-refractivity contribution is 6.30. The molecular weight excluding hydrogens is 298 g/mol. The number of para-hydroxylation sites is 1. The van der Waals surface area contributed by atoms with Crippen LogP contribution in [0, 0.1) is 0 Å². The highest BCUT2D eigenvalue weighted by Gasteiger charge is 2.26. The molecule has 1 aliphatic rings. The van der Waals surface area contributed by atoms with Crippen LogP contribution in [0.4, 0.5) is 0 Å². The van der Waals surface area contributed by atoms with E-state index < -0.39 is 0 Å². The second-order valence-corrected chi connectivity index (χ2v) is 5.83. The molecule has 0 saturated carbocycles. The van der Waals surface area contributed by atoms with Crippen molar-refractivity contribution in [3.63, 3.8) is 0 Å². The summed E-state index contributed by atoms with van der Waals surface area (Å²) in [5.74, 6) is 0.769. The Morgan fingerprint density at radius 2 is 2.09 bits per heavy atom. The Morgan fingerprint density at radius 3 is 2.95 bits per heavy atom. The minimum absolute atomic E-state index is 0.0674. The third kappa shape index (κ3) is 3.42. The molecule has 1 atom stereocenters. The maximum absolute atomic E-state index is 12.4. The molecule has 0 spiro atoms. The summed E-state index contributed by atoms with van der Waals surface area (Å²) in [5, 5.41) is 3.75. The van der Waals surface area contributed by atoms with Gasteiger partial charge in [-0.05, 0) is 36.6 Å². The van der Waals surface area contributed by atoms with E-state index in [1.807, 2.05) is 48.5 Å². The third-order valence-electron chi connectivity index (χ3n) is 3.88. The zero-order chi connectivity index (χ0) is 15.4. The van der Waals surface area contributed by atoms with E-state index in [1.165, 1.54) is 0 Å². The van der Waals surface area contributed by atoms with Crippen LogP contribution in [0.1, 0.15) is 23.5 Å². The van der Waals surface area contributed by atoms with E-state index in [-0.39, 0.29) is 11.8 Å². The molecule has 0 radical (unpaired) electrons. The second-order valence-electron chi connectivity index (χ2n) is 5.40. The Kier molecular flexibility index (Phi) is 4.64. The van der Waals surface area contributed by atoms with Crippen LogP contribution in [0.5, 0.6) is 5.75 Å². The van der Waals surface area contributed by atoms with Gasteiger partial charge in [0.2, 0.25) is 5.91 Å². The average Bonchev–Trinajstić information content (AvgIpc) is 2.54. The molecule has 22 heavy (non-hydrogen) atoms. The number of carbonyl (C=O) groups excluding carboxylic acids is 1. The van der Waals surface area contributed by atoms with Gasteiger partial charge in [-0.25, -0.2) is 0 Å². The molecule has 1 heterocycles. The summed E-state index contributed by atoms with van der Waals surface area (Å²) in [4.78, 5) is 12.4. The summed E-state index contributed by atoms with van der Waals surface area (Å²) in [7, 11) is 0. The maximum Gasteiger partial charge on any atom is 0.227 e. The lowest BCUT2D eigenvalue weighted by Gasteiger charge is -2.25. The minimum atomic E-state index is -0.121. The van der Waals surface area contributed by atoms with E-state index in [2.05, 4.69) is 5.32 Å². The first kappa shape index (κ1) is 14.9. The molecule has 1 amide bonds. The fraction of sp³-hybridized carbons (Fsp3) is 0.278. The van der Waals surface area contributed by atoms with Crippen molar-refractivity contribution in [2.45, 2.75) is 18.8 Å². The second kappa shape index (κ2) is 6.84. The Balaban J connectivity index is 1.59. The number of benzene rings is 2. The Bertz CT molecular complexity index is 672. The molecule has 2 aromatic rings. The van der Waals surface area contributed by atoms with E-state index in [0.717, 1.165) is 34.7 Å². The quantitative estimate of drug-likeness (QED) is 0.936. The molecule has 1 aliphatic heterocycles. The fourth-order valence-corrected chi connectivity index (χ4v) is 2.97. The summed E-state index contributed by atoms with van der Waals surface area (Å²) in [6.45, 7) is 1.20. The number of fused-ring (bicyclic) bond motifs is 1. The zero-order valence-electron chi connectivity index (χ0n) is 12.2. The van der Waals surface area contributed by atoms with Gasteiger partial charge in [-0.2, -0.15) is 0 Å². The average molecular weight is 316 g/mol. The van der Waals surface area contributed by atoms with Crippen molar-refractivity contribution in [3.8, 4) is 5.75 Å². The van der Waals surface area contributed by atoms with E-state index in [9.17, 15) is 4.79 Å². The van der Waals surface area contributed by atoms with Gasteiger partial charge in [0.15, 0.2) is 0 Å². The van der Waals surface area contributed by atoms with E-state index in [4.69, 9.17) is 16.3 Å². The zero-order valence-corrected chi connectivity index (χ0v) is 13.0. The van der Waals surface area contributed by atoms with Crippen molar-refractivity contribution >= 4 is 17.5 Å². The lowest BCUT2D eigenvalue weighted by molar-refractivity contribution is -0.123.